The predicted octanol–water partition coefficient (Wildman–Crippen LogP) is 5.30. The fourth-order valence-corrected chi connectivity index (χ4v) is 5.00. The first kappa shape index (κ1) is 25.5. The van der Waals surface area contributed by atoms with Gasteiger partial charge in [0.25, 0.3) is 5.91 Å². The SMILES string of the molecule is CCN(C)C(=O)c1ccc(-c2ccc3c(n2)Oc2nc(C)ccc2[C@@H]3C(C)(C)C(=O)Nc2nncs2)cc1. The van der Waals surface area contributed by atoms with Crippen molar-refractivity contribution in [2.24, 2.45) is 5.41 Å². The summed E-state index contributed by atoms with van der Waals surface area (Å²) in [6.07, 6.45) is 0. The van der Waals surface area contributed by atoms with Crippen molar-refractivity contribution >= 4 is 28.3 Å². The van der Waals surface area contributed by atoms with Crippen molar-refractivity contribution in [3.05, 3.63) is 76.4 Å². The van der Waals surface area contributed by atoms with Gasteiger partial charge in [-0.2, -0.15) is 0 Å². The molecule has 1 atom stereocenters. The van der Waals surface area contributed by atoms with Gasteiger partial charge < -0.3 is 15.0 Å². The van der Waals surface area contributed by atoms with Gasteiger partial charge in [-0.05, 0) is 38.1 Å². The molecule has 38 heavy (non-hydrogen) atoms. The maximum atomic E-state index is 13.5. The van der Waals surface area contributed by atoms with Gasteiger partial charge >= 0.3 is 0 Å². The number of hydrogen-bond donors (Lipinski definition) is 1. The Morgan fingerprint density at radius 2 is 1.71 bits per heavy atom. The molecule has 4 heterocycles. The summed E-state index contributed by atoms with van der Waals surface area (Å²) in [7, 11) is 1.78. The van der Waals surface area contributed by atoms with Crippen LogP contribution in [0.1, 0.15) is 53.9 Å². The highest BCUT2D eigenvalue weighted by Gasteiger charge is 2.45. The average molecular weight is 529 g/mol. The minimum atomic E-state index is -0.896. The van der Waals surface area contributed by atoms with Crippen LogP contribution >= 0.6 is 11.3 Å². The summed E-state index contributed by atoms with van der Waals surface area (Å²) in [5.74, 6) is 0.248. The van der Waals surface area contributed by atoms with Crippen LogP contribution in [0.15, 0.2) is 54.0 Å². The first-order valence-corrected chi connectivity index (χ1v) is 13.2. The zero-order valence-corrected chi connectivity index (χ0v) is 22.7. The average Bonchev–Trinajstić information content (AvgIpc) is 3.43. The number of aromatic nitrogens is 4. The molecule has 4 aromatic rings. The van der Waals surface area contributed by atoms with Crippen LogP contribution in [-0.4, -0.2) is 50.5 Å². The molecule has 194 valence electrons. The van der Waals surface area contributed by atoms with E-state index in [1.807, 2.05) is 64.1 Å². The van der Waals surface area contributed by atoms with Crippen LogP contribution in [0.3, 0.4) is 0 Å². The maximum absolute atomic E-state index is 13.5. The van der Waals surface area contributed by atoms with E-state index in [4.69, 9.17) is 9.72 Å². The maximum Gasteiger partial charge on any atom is 0.253 e. The molecule has 5 rings (SSSR count). The van der Waals surface area contributed by atoms with Gasteiger partial charge in [-0.25, -0.2) is 9.97 Å². The number of anilines is 1. The van der Waals surface area contributed by atoms with E-state index < -0.39 is 5.41 Å². The molecule has 1 aliphatic rings. The summed E-state index contributed by atoms with van der Waals surface area (Å²) in [6, 6.07) is 15.1. The number of hydrogen-bond acceptors (Lipinski definition) is 8. The number of nitrogens with one attached hydrogen (secondary N) is 1. The normalized spacial score (nSPS) is 14.2. The highest BCUT2D eigenvalue weighted by atomic mass is 32.1. The molecule has 3 aromatic heterocycles. The number of carbonyl (C=O) groups is 2. The van der Waals surface area contributed by atoms with E-state index in [9.17, 15) is 9.59 Å². The largest absolute Gasteiger partial charge is 0.420 e. The molecule has 0 unspecified atom stereocenters. The number of pyridine rings is 2. The summed E-state index contributed by atoms with van der Waals surface area (Å²) in [5.41, 5.74) is 5.24. The van der Waals surface area contributed by atoms with E-state index in [0.717, 1.165) is 22.4 Å². The molecule has 0 radical (unpaired) electrons. The van der Waals surface area contributed by atoms with Crippen molar-refractivity contribution in [1.82, 2.24) is 25.1 Å². The van der Waals surface area contributed by atoms with Crippen LogP contribution in [0.5, 0.6) is 11.8 Å². The zero-order chi connectivity index (χ0) is 27.0. The van der Waals surface area contributed by atoms with Crippen molar-refractivity contribution in [2.45, 2.75) is 33.6 Å². The molecule has 1 N–H and O–H groups in total. The number of ether oxygens (including phenoxy) is 1. The van der Waals surface area contributed by atoms with E-state index in [0.29, 0.717) is 34.7 Å². The van der Waals surface area contributed by atoms with E-state index in [1.54, 1.807) is 29.6 Å². The van der Waals surface area contributed by atoms with Crippen LogP contribution in [0.4, 0.5) is 5.13 Å². The summed E-state index contributed by atoms with van der Waals surface area (Å²) >= 11 is 1.26. The molecule has 1 aliphatic heterocycles. The molecule has 0 saturated heterocycles. The number of amides is 2. The van der Waals surface area contributed by atoms with E-state index in [2.05, 4.69) is 20.5 Å². The van der Waals surface area contributed by atoms with Gasteiger partial charge in [0, 0.05) is 47.5 Å². The van der Waals surface area contributed by atoms with Gasteiger partial charge in [0.1, 0.15) is 5.51 Å². The zero-order valence-electron chi connectivity index (χ0n) is 21.8. The highest BCUT2D eigenvalue weighted by molar-refractivity contribution is 7.13. The van der Waals surface area contributed by atoms with Crippen molar-refractivity contribution in [3.63, 3.8) is 0 Å². The van der Waals surface area contributed by atoms with E-state index >= 15 is 0 Å². The van der Waals surface area contributed by atoms with E-state index in [1.165, 1.54) is 11.3 Å². The Labute approximate surface area is 224 Å². The summed E-state index contributed by atoms with van der Waals surface area (Å²) < 4.78 is 6.20. The molecule has 0 spiro atoms. The molecular formula is C28H28N6O3S. The Kier molecular flexibility index (Phi) is 6.66. The third kappa shape index (κ3) is 4.63. The number of rotatable bonds is 6. The lowest BCUT2D eigenvalue weighted by molar-refractivity contribution is -0.124. The fraction of sp³-hybridized carbons (Fsp3) is 0.286. The van der Waals surface area contributed by atoms with Crippen molar-refractivity contribution in [2.75, 3.05) is 18.9 Å². The van der Waals surface area contributed by atoms with E-state index in [-0.39, 0.29) is 17.7 Å². The molecule has 2 amide bonds. The fourth-order valence-electron chi connectivity index (χ4n) is 4.56. The molecule has 10 heteroatoms. The molecular weight excluding hydrogens is 500 g/mol. The van der Waals surface area contributed by atoms with Gasteiger partial charge in [0.15, 0.2) is 0 Å². The van der Waals surface area contributed by atoms with Gasteiger partial charge in [-0.1, -0.05) is 49.4 Å². The smallest absolute Gasteiger partial charge is 0.253 e. The lowest BCUT2D eigenvalue weighted by Crippen LogP contribution is -2.38. The van der Waals surface area contributed by atoms with Gasteiger partial charge in [0.05, 0.1) is 11.1 Å². The van der Waals surface area contributed by atoms with Crippen molar-refractivity contribution < 1.29 is 14.3 Å². The quantitative estimate of drug-likeness (QED) is 0.362. The molecule has 9 nitrogen and oxygen atoms in total. The summed E-state index contributed by atoms with van der Waals surface area (Å²) in [4.78, 5) is 37.1. The van der Waals surface area contributed by atoms with Crippen LogP contribution in [0, 0.1) is 12.3 Å². The number of nitrogens with zero attached hydrogens (tertiary/aromatic N) is 5. The highest BCUT2D eigenvalue weighted by Crippen LogP contribution is 2.51. The molecule has 0 fully saturated rings. The summed E-state index contributed by atoms with van der Waals surface area (Å²) in [6.45, 7) is 8.25. The van der Waals surface area contributed by atoms with Gasteiger partial charge in [0.2, 0.25) is 22.8 Å². The molecule has 0 saturated carbocycles. The number of fused-ring (bicyclic) bond motifs is 2. The summed E-state index contributed by atoms with van der Waals surface area (Å²) in [5, 5.41) is 11.1. The molecule has 0 aliphatic carbocycles. The predicted molar refractivity (Wildman–Crippen MR) is 146 cm³/mol. The van der Waals surface area contributed by atoms with Crippen molar-refractivity contribution in [1.29, 1.82) is 0 Å². The lowest BCUT2D eigenvalue weighted by atomic mass is 9.70. The first-order chi connectivity index (χ1) is 18.2. The van der Waals surface area contributed by atoms with Crippen molar-refractivity contribution in [3.8, 4) is 23.0 Å². The Morgan fingerprint density at radius 1 is 1.03 bits per heavy atom. The molecule has 0 bridgehead atoms. The molecule has 1 aromatic carbocycles. The Balaban J connectivity index is 1.53. The monoisotopic (exact) mass is 528 g/mol. The number of carbonyl (C=O) groups excluding carboxylic acids is 2. The second-order valence-electron chi connectivity index (χ2n) is 9.79. The lowest BCUT2D eigenvalue weighted by Gasteiger charge is -2.37. The minimum Gasteiger partial charge on any atom is -0.420 e. The third-order valence-electron chi connectivity index (χ3n) is 6.87. The number of aryl methyl sites for hydroxylation is 1. The van der Waals surface area contributed by atoms with Crippen LogP contribution in [0.25, 0.3) is 11.3 Å². The third-order valence-corrected chi connectivity index (χ3v) is 7.48. The second kappa shape index (κ2) is 9.94. The topological polar surface area (TPSA) is 110 Å². The Bertz CT molecular complexity index is 1500. The van der Waals surface area contributed by atoms with Crippen LogP contribution in [-0.2, 0) is 4.79 Å². The van der Waals surface area contributed by atoms with Crippen LogP contribution in [0.2, 0.25) is 0 Å². The second-order valence-corrected chi connectivity index (χ2v) is 10.6. The van der Waals surface area contributed by atoms with Gasteiger partial charge in [-0.3, -0.25) is 9.59 Å². The standard InChI is InChI=1S/C28H28N6O3S/c1-6-34(5)25(35)18-10-8-17(9-11-18)21-14-13-20-22(28(3,4)26(36)32-27-33-29-15-38-27)19-12-7-16(2)30-23(19)37-24(20)31-21/h7-15,22H,6H2,1-5H3,(H,32,33,36)/t22-/m0/s1. The van der Waals surface area contributed by atoms with Crippen LogP contribution < -0.4 is 10.1 Å². The van der Waals surface area contributed by atoms with Gasteiger partial charge in [-0.15, -0.1) is 10.2 Å². The Hall–Kier alpha value is -4.18. The first-order valence-electron chi connectivity index (χ1n) is 12.3. The minimum absolute atomic E-state index is 0.0317. The Morgan fingerprint density at radius 3 is 2.37 bits per heavy atom. The number of benzene rings is 1.